The average Bonchev–Trinajstić information content (AvgIpc) is 2.35. The molecular weight excluding hydrogens is 287 g/mol. The van der Waals surface area contributed by atoms with Gasteiger partial charge in [-0.3, -0.25) is 9.59 Å². The van der Waals surface area contributed by atoms with Crippen molar-refractivity contribution in [3.8, 4) is 0 Å². The number of esters is 1. The van der Waals surface area contributed by atoms with Crippen molar-refractivity contribution in [2.75, 3.05) is 6.61 Å². The lowest BCUT2D eigenvalue weighted by molar-refractivity contribution is -0.151. The smallest absolute Gasteiger partial charge is 0.316 e. The molecule has 0 aromatic heterocycles. The molecule has 0 N–H and O–H groups in total. The Labute approximate surface area is 122 Å². The average molecular weight is 303 g/mol. The maximum absolute atomic E-state index is 12.1. The molecule has 0 bridgehead atoms. The number of halogens is 2. The first-order chi connectivity index (χ1) is 9.01. The predicted octanol–water partition coefficient (Wildman–Crippen LogP) is 3.69. The molecule has 104 valence electrons. The summed E-state index contributed by atoms with van der Waals surface area (Å²) in [6, 6.07) is 5.05. The van der Waals surface area contributed by atoms with Gasteiger partial charge in [0.1, 0.15) is 5.92 Å². The van der Waals surface area contributed by atoms with Gasteiger partial charge in [-0.25, -0.2) is 0 Å². The number of hydrogen-bond donors (Lipinski definition) is 0. The maximum Gasteiger partial charge on any atom is 0.316 e. The molecule has 5 heteroatoms. The van der Waals surface area contributed by atoms with Gasteiger partial charge in [0.05, 0.1) is 6.61 Å². The summed E-state index contributed by atoms with van der Waals surface area (Å²) in [5.41, 5.74) is 0.554. The monoisotopic (exact) mass is 302 g/mol. The van der Waals surface area contributed by atoms with Gasteiger partial charge in [0.25, 0.3) is 0 Å². The fraction of sp³-hybridized carbons (Fsp3) is 0.429. The molecule has 1 atom stereocenters. The van der Waals surface area contributed by atoms with E-state index in [1.165, 1.54) is 0 Å². The van der Waals surface area contributed by atoms with Crippen LogP contribution < -0.4 is 0 Å². The molecule has 0 amide bonds. The van der Waals surface area contributed by atoms with E-state index in [2.05, 4.69) is 0 Å². The number of benzene rings is 1. The van der Waals surface area contributed by atoms with E-state index in [0.29, 0.717) is 22.0 Å². The zero-order chi connectivity index (χ0) is 14.4. The standard InChI is InChI=1S/C14H16Cl2O3/c1-3-9(14(18)19-4-2)13(17)8-10-11(15)6-5-7-12(10)16/h5-7,9H,3-4,8H2,1-2H3. The van der Waals surface area contributed by atoms with Crippen molar-refractivity contribution in [3.05, 3.63) is 33.8 Å². The second-order valence-corrected chi connectivity index (χ2v) is 4.87. The third-order valence-corrected chi connectivity index (χ3v) is 3.49. The van der Waals surface area contributed by atoms with Crippen molar-refractivity contribution in [1.82, 2.24) is 0 Å². The molecule has 0 radical (unpaired) electrons. The number of Topliss-reactive ketones (excluding diaryl/α,β-unsaturated/α-hetero) is 1. The molecule has 0 heterocycles. The van der Waals surface area contributed by atoms with E-state index in [0.717, 1.165) is 0 Å². The Bertz CT molecular complexity index is 452. The van der Waals surface area contributed by atoms with Crippen LogP contribution in [0.1, 0.15) is 25.8 Å². The van der Waals surface area contributed by atoms with Gasteiger partial charge in [-0.15, -0.1) is 0 Å². The molecule has 0 aliphatic rings. The molecule has 0 spiro atoms. The summed E-state index contributed by atoms with van der Waals surface area (Å²) in [6.45, 7) is 3.74. The quantitative estimate of drug-likeness (QED) is 0.594. The fourth-order valence-electron chi connectivity index (χ4n) is 1.77. The first-order valence-electron chi connectivity index (χ1n) is 6.13. The minimum atomic E-state index is -0.757. The van der Waals surface area contributed by atoms with Crippen molar-refractivity contribution in [3.63, 3.8) is 0 Å². The number of ether oxygens (including phenoxy) is 1. The summed E-state index contributed by atoms with van der Waals surface area (Å²) in [6.07, 6.45) is 0.440. The largest absolute Gasteiger partial charge is 0.465 e. The van der Waals surface area contributed by atoms with Crippen LogP contribution in [-0.4, -0.2) is 18.4 Å². The van der Waals surface area contributed by atoms with Gasteiger partial charge in [-0.1, -0.05) is 36.2 Å². The third kappa shape index (κ3) is 4.22. The van der Waals surface area contributed by atoms with E-state index in [1.54, 1.807) is 32.0 Å². The first-order valence-corrected chi connectivity index (χ1v) is 6.89. The molecule has 0 aliphatic carbocycles. The minimum absolute atomic E-state index is 0.0375. The Morgan fingerprint density at radius 3 is 2.26 bits per heavy atom. The van der Waals surface area contributed by atoms with Crippen molar-refractivity contribution in [2.45, 2.75) is 26.7 Å². The van der Waals surface area contributed by atoms with Crippen molar-refractivity contribution in [1.29, 1.82) is 0 Å². The summed E-state index contributed by atoms with van der Waals surface area (Å²) in [5, 5.41) is 0.860. The number of carbonyl (C=O) groups excluding carboxylic acids is 2. The Morgan fingerprint density at radius 1 is 1.21 bits per heavy atom. The number of rotatable bonds is 6. The SMILES string of the molecule is CCOC(=O)C(CC)C(=O)Cc1c(Cl)cccc1Cl. The lowest BCUT2D eigenvalue weighted by Gasteiger charge is -2.13. The van der Waals surface area contributed by atoms with Crippen LogP contribution in [0.4, 0.5) is 0 Å². The van der Waals surface area contributed by atoms with Gasteiger partial charge in [0.2, 0.25) is 0 Å². The molecule has 0 aliphatic heterocycles. The minimum Gasteiger partial charge on any atom is -0.465 e. The van der Waals surface area contributed by atoms with E-state index in [9.17, 15) is 9.59 Å². The third-order valence-electron chi connectivity index (χ3n) is 2.78. The molecule has 1 rings (SSSR count). The van der Waals surface area contributed by atoms with Gasteiger partial charge in [0, 0.05) is 16.5 Å². The second-order valence-electron chi connectivity index (χ2n) is 4.06. The molecular formula is C14H16Cl2O3. The van der Waals surface area contributed by atoms with Crippen LogP contribution in [0.3, 0.4) is 0 Å². The van der Waals surface area contributed by atoms with Gasteiger partial charge in [-0.2, -0.15) is 0 Å². The Hall–Kier alpha value is -1.06. The van der Waals surface area contributed by atoms with E-state index in [4.69, 9.17) is 27.9 Å². The van der Waals surface area contributed by atoms with Gasteiger partial charge in [-0.05, 0) is 31.0 Å². The second kappa shape index (κ2) is 7.51. The molecule has 0 saturated heterocycles. The zero-order valence-corrected chi connectivity index (χ0v) is 12.4. The first kappa shape index (κ1) is 16.0. The highest BCUT2D eigenvalue weighted by Crippen LogP contribution is 2.26. The molecule has 1 aromatic rings. The van der Waals surface area contributed by atoms with Crippen LogP contribution >= 0.6 is 23.2 Å². The number of ketones is 1. The highest BCUT2D eigenvalue weighted by Gasteiger charge is 2.26. The Morgan fingerprint density at radius 2 is 1.79 bits per heavy atom. The molecule has 3 nitrogen and oxygen atoms in total. The molecule has 0 fully saturated rings. The summed E-state index contributed by atoms with van der Waals surface area (Å²) in [5.74, 6) is -1.47. The van der Waals surface area contributed by atoms with Crippen LogP contribution in [0.5, 0.6) is 0 Å². The maximum atomic E-state index is 12.1. The summed E-state index contributed by atoms with van der Waals surface area (Å²) >= 11 is 12.0. The van der Waals surface area contributed by atoms with Crippen molar-refractivity contribution in [2.24, 2.45) is 5.92 Å². The van der Waals surface area contributed by atoms with Gasteiger partial charge < -0.3 is 4.74 Å². The highest BCUT2D eigenvalue weighted by molar-refractivity contribution is 6.36. The Balaban J connectivity index is 2.86. The van der Waals surface area contributed by atoms with Crippen LogP contribution in [0, 0.1) is 5.92 Å². The van der Waals surface area contributed by atoms with E-state index >= 15 is 0 Å². The molecule has 0 saturated carbocycles. The van der Waals surface area contributed by atoms with Crippen LogP contribution in [0.2, 0.25) is 10.0 Å². The van der Waals surface area contributed by atoms with Crippen molar-refractivity contribution < 1.29 is 14.3 Å². The molecule has 1 aromatic carbocycles. The van der Waals surface area contributed by atoms with Crippen LogP contribution in [0.25, 0.3) is 0 Å². The Kier molecular flexibility index (Phi) is 6.32. The molecule has 1 unspecified atom stereocenters. The topological polar surface area (TPSA) is 43.4 Å². The van der Waals surface area contributed by atoms with Gasteiger partial charge >= 0.3 is 5.97 Å². The van der Waals surface area contributed by atoms with Crippen LogP contribution in [-0.2, 0) is 20.7 Å². The summed E-state index contributed by atoms with van der Waals surface area (Å²) in [7, 11) is 0. The van der Waals surface area contributed by atoms with E-state index in [1.807, 2.05) is 0 Å². The van der Waals surface area contributed by atoms with Crippen molar-refractivity contribution >= 4 is 35.0 Å². The predicted molar refractivity (Wildman–Crippen MR) is 75.6 cm³/mol. The van der Waals surface area contributed by atoms with E-state index in [-0.39, 0.29) is 18.8 Å². The fourth-order valence-corrected chi connectivity index (χ4v) is 2.30. The molecule has 19 heavy (non-hydrogen) atoms. The van der Waals surface area contributed by atoms with Crippen LogP contribution in [0.15, 0.2) is 18.2 Å². The summed E-state index contributed by atoms with van der Waals surface area (Å²) in [4.78, 5) is 23.8. The number of hydrogen-bond acceptors (Lipinski definition) is 3. The lowest BCUT2D eigenvalue weighted by Crippen LogP contribution is -2.27. The zero-order valence-electron chi connectivity index (χ0n) is 10.9. The highest BCUT2D eigenvalue weighted by atomic mass is 35.5. The van der Waals surface area contributed by atoms with E-state index < -0.39 is 11.9 Å². The number of carbonyl (C=O) groups is 2. The van der Waals surface area contributed by atoms with Gasteiger partial charge in [0.15, 0.2) is 5.78 Å². The summed E-state index contributed by atoms with van der Waals surface area (Å²) < 4.78 is 4.89. The normalized spacial score (nSPS) is 12.0. The lowest BCUT2D eigenvalue weighted by atomic mass is 9.95.